The highest BCUT2D eigenvalue weighted by Gasteiger charge is 2.14. The van der Waals surface area contributed by atoms with E-state index in [9.17, 15) is 9.18 Å². The summed E-state index contributed by atoms with van der Waals surface area (Å²) in [7, 11) is 1.38. The molecule has 2 rings (SSSR count). The average molecular weight is 252 g/mol. The van der Waals surface area contributed by atoms with Gasteiger partial charge >= 0.3 is 5.97 Å². The van der Waals surface area contributed by atoms with Gasteiger partial charge in [-0.15, -0.1) is 0 Å². The minimum Gasteiger partial charge on any atom is -0.494 e. The Bertz CT molecular complexity index is 563. The summed E-state index contributed by atoms with van der Waals surface area (Å²) in [5.74, 6) is -1.38. The number of methoxy groups -OCH3 is 1. The van der Waals surface area contributed by atoms with E-state index in [1.165, 1.54) is 36.0 Å². The molecule has 17 heavy (non-hydrogen) atoms. The maximum atomic E-state index is 13.5. The fourth-order valence-electron chi connectivity index (χ4n) is 1.52. The number of carboxylic acid groups (broad SMARTS) is 1. The highest BCUT2D eigenvalue weighted by molar-refractivity contribution is 7.08. The van der Waals surface area contributed by atoms with Crippen LogP contribution in [0.15, 0.2) is 29.0 Å². The first-order valence-electron chi connectivity index (χ1n) is 4.77. The minimum absolute atomic E-state index is 0.140. The Morgan fingerprint density at radius 2 is 2.18 bits per heavy atom. The van der Waals surface area contributed by atoms with Gasteiger partial charge in [-0.25, -0.2) is 9.18 Å². The lowest BCUT2D eigenvalue weighted by Gasteiger charge is -2.05. The summed E-state index contributed by atoms with van der Waals surface area (Å²) in [6, 6.07) is 4.39. The van der Waals surface area contributed by atoms with Gasteiger partial charge in [-0.2, -0.15) is 11.3 Å². The van der Waals surface area contributed by atoms with E-state index >= 15 is 0 Å². The van der Waals surface area contributed by atoms with Crippen molar-refractivity contribution in [3.8, 4) is 16.9 Å². The topological polar surface area (TPSA) is 46.5 Å². The van der Waals surface area contributed by atoms with E-state index in [-0.39, 0.29) is 11.3 Å². The molecule has 0 aliphatic carbocycles. The summed E-state index contributed by atoms with van der Waals surface area (Å²) in [5.41, 5.74) is 1.23. The van der Waals surface area contributed by atoms with Gasteiger partial charge in [0.2, 0.25) is 0 Å². The summed E-state index contributed by atoms with van der Waals surface area (Å²) in [6.07, 6.45) is 0. The molecule has 0 bridgehead atoms. The molecule has 1 aromatic carbocycles. The van der Waals surface area contributed by atoms with Crippen molar-refractivity contribution in [2.45, 2.75) is 0 Å². The second-order valence-electron chi connectivity index (χ2n) is 3.35. The lowest BCUT2D eigenvalue weighted by molar-refractivity contribution is 0.0698. The third-order valence-electron chi connectivity index (χ3n) is 2.36. The first-order valence-corrected chi connectivity index (χ1v) is 5.71. The molecule has 5 heteroatoms. The van der Waals surface area contributed by atoms with Crippen molar-refractivity contribution in [2.24, 2.45) is 0 Å². The van der Waals surface area contributed by atoms with E-state index < -0.39 is 11.8 Å². The summed E-state index contributed by atoms with van der Waals surface area (Å²) in [6.45, 7) is 0. The molecule has 0 amide bonds. The molecule has 0 spiro atoms. The second kappa shape index (κ2) is 4.55. The highest BCUT2D eigenvalue weighted by atomic mass is 32.1. The number of hydrogen-bond donors (Lipinski definition) is 1. The second-order valence-corrected chi connectivity index (χ2v) is 4.10. The molecule has 88 valence electrons. The summed E-state index contributed by atoms with van der Waals surface area (Å²) >= 11 is 1.27. The van der Waals surface area contributed by atoms with Crippen LogP contribution < -0.4 is 4.74 Å². The quantitative estimate of drug-likeness (QED) is 0.912. The fraction of sp³-hybridized carbons (Fsp3) is 0.0833. The monoisotopic (exact) mass is 252 g/mol. The highest BCUT2D eigenvalue weighted by Crippen LogP contribution is 2.30. The van der Waals surface area contributed by atoms with Gasteiger partial charge in [0.15, 0.2) is 11.6 Å². The normalized spacial score (nSPS) is 10.2. The number of halogens is 1. The van der Waals surface area contributed by atoms with Crippen LogP contribution >= 0.6 is 11.3 Å². The molecule has 0 saturated heterocycles. The van der Waals surface area contributed by atoms with E-state index in [0.29, 0.717) is 11.1 Å². The Balaban J connectivity index is 2.50. The van der Waals surface area contributed by atoms with Crippen LogP contribution in [0.4, 0.5) is 4.39 Å². The SMILES string of the molecule is COc1ccc(-c2cscc2C(=O)O)cc1F. The van der Waals surface area contributed by atoms with Crippen molar-refractivity contribution in [3.63, 3.8) is 0 Å². The smallest absolute Gasteiger partial charge is 0.337 e. The number of carbonyl (C=O) groups is 1. The first-order chi connectivity index (χ1) is 8.13. The van der Waals surface area contributed by atoms with Gasteiger partial charge in [0, 0.05) is 10.9 Å². The summed E-state index contributed by atoms with van der Waals surface area (Å²) in [4.78, 5) is 11.0. The predicted octanol–water partition coefficient (Wildman–Crippen LogP) is 3.26. The van der Waals surface area contributed by atoms with Crippen molar-refractivity contribution in [2.75, 3.05) is 7.11 Å². The maximum Gasteiger partial charge on any atom is 0.337 e. The third-order valence-corrected chi connectivity index (χ3v) is 3.10. The summed E-state index contributed by atoms with van der Waals surface area (Å²) < 4.78 is 18.3. The molecule has 2 aromatic rings. The number of rotatable bonds is 3. The van der Waals surface area contributed by atoms with Gasteiger partial charge in [-0.05, 0) is 23.1 Å². The van der Waals surface area contributed by atoms with Gasteiger partial charge < -0.3 is 9.84 Å². The zero-order valence-corrected chi connectivity index (χ0v) is 9.75. The lowest BCUT2D eigenvalue weighted by atomic mass is 10.0. The van der Waals surface area contributed by atoms with E-state index in [2.05, 4.69) is 0 Å². The Labute approximate surface area is 101 Å². The van der Waals surface area contributed by atoms with Gasteiger partial charge in [-0.3, -0.25) is 0 Å². The van der Waals surface area contributed by atoms with Gasteiger partial charge in [0.25, 0.3) is 0 Å². The van der Waals surface area contributed by atoms with Crippen LogP contribution in [0.2, 0.25) is 0 Å². The van der Waals surface area contributed by atoms with E-state index in [0.717, 1.165) is 0 Å². The Morgan fingerprint density at radius 3 is 2.76 bits per heavy atom. The fourth-order valence-corrected chi connectivity index (χ4v) is 2.35. The number of carboxylic acids is 1. The molecule has 0 aliphatic rings. The molecule has 0 unspecified atom stereocenters. The molecule has 0 fully saturated rings. The molecular weight excluding hydrogens is 243 g/mol. The molecule has 0 atom stereocenters. The molecule has 1 N–H and O–H groups in total. The van der Waals surface area contributed by atoms with Crippen molar-refractivity contribution < 1.29 is 19.0 Å². The van der Waals surface area contributed by atoms with Crippen LogP contribution in [0.25, 0.3) is 11.1 Å². The van der Waals surface area contributed by atoms with Crippen LogP contribution in [-0.4, -0.2) is 18.2 Å². The number of ether oxygens (including phenoxy) is 1. The van der Waals surface area contributed by atoms with Gasteiger partial charge in [-0.1, -0.05) is 6.07 Å². The van der Waals surface area contributed by atoms with Crippen LogP contribution in [0.3, 0.4) is 0 Å². The number of aromatic carboxylic acids is 1. The molecule has 0 radical (unpaired) electrons. The molecule has 1 aromatic heterocycles. The molecular formula is C12H9FO3S. The van der Waals surface area contributed by atoms with Crippen molar-refractivity contribution >= 4 is 17.3 Å². The maximum absolute atomic E-state index is 13.5. The summed E-state index contributed by atoms with van der Waals surface area (Å²) in [5, 5.41) is 12.2. The van der Waals surface area contributed by atoms with Gasteiger partial charge in [0.05, 0.1) is 12.7 Å². The van der Waals surface area contributed by atoms with Crippen molar-refractivity contribution in [1.82, 2.24) is 0 Å². The van der Waals surface area contributed by atoms with E-state index in [1.807, 2.05) is 0 Å². The standard InChI is InChI=1S/C12H9FO3S/c1-16-11-3-2-7(4-10(11)13)8-5-17-6-9(8)12(14)15/h2-6H,1H3,(H,14,15). The number of hydrogen-bond acceptors (Lipinski definition) is 3. The van der Waals surface area contributed by atoms with E-state index in [4.69, 9.17) is 9.84 Å². The molecule has 3 nitrogen and oxygen atoms in total. The molecule has 0 aliphatic heterocycles. The molecule has 1 heterocycles. The third kappa shape index (κ3) is 2.14. The van der Waals surface area contributed by atoms with Crippen molar-refractivity contribution in [3.05, 3.63) is 40.3 Å². The van der Waals surface area contributed by atoms with Crippen LogP contribution in [0.5, 0.6) is 5.75 Å². The zero-order chi connectivity index (χ0) is 12.4. The molecule has 0 saturated carbocycles. The predicted molar refractivity (Wildman–Crippen MR) is 63.2 cm³/mol. The Kier molecular flexibility index (Phi) is 3.10. The van der Waals surface area contributed by atoms with Gasteiger partial charge in [0.1, 0.15) is 0 Å². The minimum atomic E-state index is -1.02. The lowest BCUT2D eigenvalue weighted by Crippen LogP contribution is -1.96. The average Bonchev–Trinajstić information content (AvgIpc) is 2.77. The van der Waals surface area contributed by atoms with Crippen LogP contribution in [0, 0.1) is 5.82 Å². The number of benzene rings is 1. The first kappa shape index (κ1) is 11.6. The Morgan fingerprint density at radius 1 is 1.41 bits per heavy atom. The van der Waals surface area contributed by atoms with Crippen LogP contribution in [0.1, 0.15) is 10.4 Å². The zero-order valence-electron chi connectivity index (χ0n) is 8.94. The van der Waals surface area contributed by atoms with Crippen LogP contribution in [-0.2, 0) is 0 Å². The van der Waals surface area contributed by atoms with Crippen molar-refractivity contribution in [1.29, 1.82) is 0 Å². The Hall–Kier alpha value is -1.88. The number of thiophene rings is 1. The largest absolute Gasteiger partial charge is 0.494 e. The van der Waals surface area contributed by atoms with E-state index in [1.54, 1.807) is 11.4 Å².